The van der Waals surface area contributed by atoms with Crippen LogP contribution in [-0.2, 0) is 15.7 Å². The molecule has 33 heavy (non-hydrogen) atoms. The van der Waals surface area contributed by atoms with Gasteiger partial charge >= 0.3 is 6.18 Å². The maximum Gasteiger partial charge on any atom is 0.433 e. The molecule has 3 rings (SSSR count). The van der Waals surface area contributed by atoms with Crippen molar-refractivity contribution >= 4 is 11.7 Å². The summed E-state index contributed by atoms with van der Waals surface area (Å²) in [6, 6.07) is 7.02. The number of pyridine rings is 2. The van der Waals surface area contributed by atoms with E-state index in [9.17, 15) is 18.0 Å². The number of ether oxygens (including phenoxy) is 1. The van der Waals surface area contributed by atoms with Crippen molar-refractivity contribution in [1.29, 1.82) is 0 Å². The van der Waals surface area contributed by atoms with Gasteiger partial charge in [-0.1, -0.05) is 27.7 Å². The Morgan fingerprint density at radius 2 is 1.85 bits per heavy atom. The number of nitrogens with zero attached hydrogens (tertiary/aromatic N) is 4. The van der Waals surface area contributed by atoms with Gasteiger partial charge in [-0.2, -0.15) is 18.3 Å². The topological polar surface area (TPSA) is 81.9 Å². The van der Waals surface area contributed by atoms with Crippen molar-refractivity contribution in [3.8, 4) is 16.9 Å². The molecule has 0 saturated carbocycles. The van der Waals surface area contributed by atoms with Crippen LogP contribution >= 0.6 is 0 Å². The smallest absolute Gasteiger partial charge is 0.381 e. The zero-order valence-corrected chi connectivity index (χ0v) is 19.5. The number of carbonyl (C=O) groups is 1. The second-order valence-electron chi connectivity index (χ2n) is 5.96. The summed E-state index contributed by atoms with van der Waals surface area (Å²) in [5.41, 5.74) is -0.229. The lowest BCUT2D eigenvalue weighted by Gasteiger charge is -2.10. The van der Waals surface area contributed by atoms with Crippen molar-refractivity contribution in [3.63, 3.8) is 0 Å². The molecule has 0 saturated heterocycles. The number of halogens is 3. The Balaban J connectivity index is 0.00000129. The Kier molecular flexibility index (Phi) is 11.8. The summed E-state index contributed by atoms with van der Waals surface area (Å²) in [5, 5.41) is 6.64. The molecule has 0 radical (unpaired) electrons. The maximum absolute atomic E-state index is 13.5. The lowest BCUT2D eigenvalue weighted by Crippen LogP contribution is -2.16. The molecule has 0 aliphatic heterocycles. The van der Waals surface area contributed by atoms with Gasteiger partial charge < -0.3 is 10.1 Å². The summed E-state index contributed by atoms with van der Waals surface area (Å²) < 4.78 is 46.4. The van der Waals surface area contributed by atoms with Gasteiger partial charge in [-0.15, -0.1) is 0 Å². The van der Waals surface area contributed by atoms with Crippen molar-refractivity contribution in [2.45, 2.75) is 47.2 Å². The van der Waals surface area contributed by atoms with Crippen LogP contribution < -0.4 is 5.32 Å². The lowest BCUT2D eigenvalue weighted by molar-refractivity contribution is -0.142. The van der Waals surface area contributed by atoms with Crippen LogP contribution in [0.25, 0.3) is 16.9 Å². The van der Waals surface area contributed by atoms with Crippen molar-refractivity contribution < 1.29 is 22.7 Å². The molecule has 3 aromatic rings. The van der Waals surface area contributed by atoms with Gasteiger partial charge in [0.2, 0.25) is 5.91 Å². The highest BCUT2D eigenvalue weighted by atomic mass is 19.4. The van der Waals surface area contributed by atoms with Crippen LogP contribution in [0.4, 0.5) is 19.0 Å². The predicted molar refractivity (Wildman–Crippen MR) is 122 cm³/mol. The van der Waals surface area contributed by atoms with Crippen LogP contribution in [-0.4, -0.2) is 38.9 Å². The number of amides is 1. The first-order valence-electron chi connectivity index (χ1n) is 10.8. The number of hydrogen-bond acceptors (Lipinski definition) is 5. The number of carbonyl (C=O) groups excluding carboxylic acids is 1. The molecule has 3 aromatic heterocycles. The van der Waals surface area contributed by atoms with E-state index in [0.717, 1.165) is 10.7 Å². The molecule has 180 valence electrons. The molecule has 1 amide bonds. The normalized spacial score (nSPS) is 10.4. The minimum Gasteiger partial charge on any atom is -0.381 e. The van der Waals surface area contributed by atoms with Gasteiger partial charge in [0.25, 0.3) is 0 Å². The summed E-state index contributed by atoms with van der Waals surface area (Å²) in [7, 11) is 0. The van der Waals surface area contributed by atoms with Crippen molar-refractivity contribution in [3.05, 3.63) is 54.6 Å². The predicted octanol–water partition coefficient (Wildman–Crippen LogP) is 5.77. The van der Waals surface area contributed by atoms with Crippen LogP contribution in [0.5, 0.6) is 0 Å². The second-order valence-corrected chi connectivity index (χ2v) is 5.96. The van der Waals surface area contributed by atoms with Crippen LogP contribution in [0.2, 0.25) is 0 Å². The molecule has 1 N–H and O–H groups in total. The second kappa shape index (κ2) is 14.0. The monoisotopic (exact) mass is 465 g/mol. The average Bonchev–Trinajstić information content (AvgIpc) is 3.29. The fourth-order valence-corrected chi connectivity index (χ4v) is 2.54. The number of rotatable bonds is 7. The molecular weight excluding hydrogens is 435 g/mol. The van der Waals surface area contributed by atoms with Gasteiger partial charge in [-0.05, 0) is 37.3 Å². The van der Waals surface area contributed by atoms with Gasteiger partial charge in [0.15, 0.2) is 0 Å². The quantitative estimate of drug-likeness (QED) is 0.448. The fourth-order valence-electron chi connectivity index (χ4n) is 2.54. The highest BCUT2D eigenvalue weighted by Crippen LogP contribution is 2.33. The molecule has 0 atom stereocenters. The van der Waals surface area contributed by atoms with Crippen LogP contribution in [0, 0.1) is 0 Å². The van der Waals surface area contributed by atoms with E-state index in [1.807, 2.05) is 34.6 Å². The Morgan fingerprint density at radius 3 is 2.39 bits per heavy atom. The third-order valence-electron chi connectivity index (χ3n) is 3.89. The number of nitrogens with one attached hydrogen (secondary N) is 1. The van der Waals surface area contributed by atoms with Crippen molar-refractivity contribution in [2.24, 2.45) is 0 Å². The summed E-state index contributed by atoms with van der Waals surface area (Å²) in [6.45, 7) is 10.6. The third-order valence-corrected chi connectivity index (χ3v) is 3.89. The molecule has 0 aliphatic carbocycles. The van der Waals surface area contributed by atoms with E-state index >= 15 is 0 Å². The fraction of sp³-hybridized carbons (Fsp3) is 0.391. The standard InChI is InChI=1S/C19H18F3N5O2.2C2H6/c1-2-29-9-7-18(28)25-17-6-5-14(12-24-17)27-16(19(20,21)22)10-15(26-27)13-4-3-8-23-11-13;2*1-2/h3-6,8,10-12H,2,7,9H2,1H3,(H,24,25,28);2*1-2H3. The Hall–Kier alpha value is -3.27. The van der Waals surface area contributed by atoms with Crippen LogP contribution in [0.15, 0.2) is 48.9 Å². The summed E-state index contributed by atoms with van der Waals surface area (Å²) in [5.74, 6) is -0.0731. The number of alkyl halides is 3. The average molecular weight is 466 g/mol. The molecule has 0 fully saturated rings. The van der Waals surface area contributed by atoms with Gasteiger partial charge in [0.05, 0.1) is 30.6 Å². The zero-order valence-electron chi connectivity index (χ0n) is 19.5. The van der Waals surface area contributed by atoms with E-state index in [1.54, 1.807) is 12.1 Å². The minimum atomic E-state index is -4.61. The number of hydrogen-bond donors (Lipinski definition) is 1. The summed E-state index contributed by atoms with van der Waals surface area (Å²) in [6.07, 6.45) is -0.279. The molecule has 3 heterocycles. The molecule has 7 nitrogen and oxygen atoms in total. The SMILES string of the molecule is CC.CC.CCOCCC(=O)Nc1ccc(-n2nc(-c3cccnc3)cc2C(F)(F)F)cn1. The lowest BCUT2D eigenvalue weighted by atomic mass is 10.2. The van der Waals surface area contributed by atoms with Gasteiger partial charge in [0.1, 0.15) is 11.5 Å². The maximum atomic E-state index is 13.5. The number of aromatic nitrogens is 4. The van der Waals surface area contributed by atoms with Gasteiger partial charge in [-0.25, -0.2) is 9.67 Å². The highest BCUT2D eigenvalue weighted by molar-refractivity contribution is 5.89. The van der Waals surface area contributed by atoms with E-state index in [4.69, 9.17) is 4.74 Å². The molecule has 0 bridgehead atoms. The largest absolute Gasteiger partial charge is 0.433 e. The summed E-state index contributed by atoms with van der Waals surface area (Å²) in [4.78, 5) is 19.7. The molecule has 0 aliphatic rings. The Bertz CT molecular complexity index is 958. The molecular formula is C23H30F3N5O2. The van der Waals surface area contributed by atoms with Crippen molar-refractivity contribution in [1.82, 2.24) is 19.7 Å². The summed E-state index contributed by atoms with van der Waals surface area (Å²) >= 11 is 0. The first-order valence-corrected chi connectivity index (χ1v) is 10.8. The van der Waals surface area contributed by atoms with Crippen LogP contribution in [0.3, 0.4) is 0 Å². The molecule has 0 spiro atoms. The molecule has 10 heteroatoms. The van der Waals surface area contributed by atoms with Gasteiger partial charge in [-0.3, -0.25) is 9.78 Å². The van der Waals surface area contributed by atoms with E-state index in [0.29, 0.717) is 12.2 Å². The third kappa shape index (κ3) is 8.30. The van der Waals surface area contributed by atoms with Gasteiger partial charge in [0, 0.05) is 24.6 Å². The van der Waals surface area contributed by atoms with E-state index in [2.05, 4.69) is 20.4 Å². The Labute approximate surface area is 192 Å². The zero-order chi connectivity index (χ0) is 24.9. The Morgan fingerprint density at radius 1 is 1.12 bits per heavy atom. The van der Waals surface area contributed by atoms with E-state index in [-0.39, 0.29) is 36.1 Å². The first kappa shape index (κ1) is 27.8. The molecule has 0 aromatic carbocycles. The van der Waals surface area contributed by atoms with Crippen LogP contribution in [0.1, 0.15) is 46.7 Å². The first-order chi connectivity index (χ1) is 15.9. The molecule has 0 unspecified atom stereocenters. The van der Waals surface area contributed by atoms with E-state index < -0.39 is 11.9 Å². The van der Waals surface area contributed by atoms with E-state index in [1.165, 1.54) is 30.7 Å². The van der Waals surface area contributed by atoms with Crippen molar-refractivity contribution in [2.75, 3.05) is 18.5 Å². The number of anilines is 1. The highest BCUT2D eigenvalue weighted by Gasteiger charge is 2.36. The minimum absolute atomic E-state index is 0.111.